The number of likely N-dealkylation sites (tertiary alicyclic amines) is 2. The van der Waals surface area contributed by atoms with Gasteiger partial charge in [0.15, 0.2) is 0 Å². The molecule has 2 saturated heterocycles. The molecule has 0 spiro atoms. The van der Waals surface area contributed by atoms with E-state index in [2.05, 4.69) is 11.8 Å². The highest BCUT2D eigenvalue weighted by Crippen LogP contribution is 2.25. The molecule has 1 unspecified atom stereocenters. The van der Waals surface area contributed by atoms with Crippen LogP contribution in [0.3, 0.4) is 0 Å². The molecule has 5 nitrogen and oxygen atoms in total. The van der Waals surface area contributed by atoms with Gasteiger partial charge in [-0.15, -0.1) is 0 Å². The lowest BCUT2D eigenvalue weighted by atomic mass is 10.0. The molecule has 0 bridgehead atoms. The average Bonchev–Trinajstić information content (AvgIpc) is 2.71. The van der Waals surface area contributed by atoms with E-state index >= 15 is 0 Å². The van der Waals surface area contributed by atoms with Gasteiger partial charge in [-0.05, 0) is 25.8 Å². The number of hydrogen-bond acceptors (Lipinski definition) is 3. The third kappa shape index (κ3) is 2.44. The second kappa shape index (κ2) is 5.04. The first-order chi connectivity index (χ1) is 8.13. The monoisotopic (exact) mass is 239 g/mol. The van der Waals surface area contributed by atoms with Crippen molar-refractivity contribution in [1.29, 1.82) is 0 Å². The minimum Gasteiger partial charge on any atom is -0.369 e. The summed E-state index contributed by atoms with van der Waals surface area (Å²) in [7, 11) is 0. The van der Waals surface area contributed by atoms with Crippen molar-refractivity contribution in [3.05, 3.63) is 0 Å². The molecule has 2 rings (SSSR count). The molecule has 2 fully saturated rings. The Morgan fingerprint density at radius 1 is 1.29 bits per heavy atom. The fourth-order valence-electron chi connectivity index (χ4n) is 2.88. The zero-order valence-electron chi connectivity index (χ0n) is 10.4. The maximum Gasteiger partial charge on any atom is 0.235 e. The van der Waals surface area contributed by atoms with Gasteiger partial charge in [-0.1, -0.05) is 6.92 Å². The number of hydrogen-bond donors (Lipinski definition) is 1. The Morgan fingerprint density at radius 2 is 1.94 bits per heavy atom. The molecule has 2 aliphatic rings. The lowest BCUT2D eigenvalue weighted by Gasteiger charge is -2.36. The molecule has 17 heavy (non-hydrogen) atoms. The summed E-state index contributed by atoms with van der Waals surface area (Å²) in [6.07, 6.45) is 2.64. The normalized spacial score (nSPS) is 27.7. The van der Waals surface area contributed by atoms with Gasteiger partial charge in [0.25, 0.3) is 0 Å². The van der Waals surface area contributed by atoms with Crippen molar-refractivity contribution in [2.24, 2.45) is 11.7 Å². The van der Waals surface area contributed by atoms with Crippen molar-refractivity contribution in [3.8, 4) is 0 Å². The predicted octanol–water partition coefficient (Wildman–Crippen LogP) is -0.195. The van der Waals surface area contributed by atoms with Gasteiger partial charge in [0.2, 0.25) is 11.8 Å². The van der Waals surface area contributed by atoms with Gasteiger partial charge < -0.3 is 15.5 Å². The highest BCUT2D eigenvalue weighted by Gasteiger charge is 2.39. The van der Waals surface area contributed by atoms with Crippen LogP contribution in [-0.2, 0) is 9.59 Å². The molecule has 2 amide bonds. The summed E-state index contributed by atoms with van der Waals surface area (Å²) < 4.78 is 0. The molecule has 0 saturated carbocycles. The Hall–Kier alpha value is -1.10. The lowest BCUT2D eigenvalue weighted by molar-refractivity contribution is -0.138. The number of amides is 2. The van der Waals surface area contributed by atoms with Gasteiger partial charge in [0.1, 0.15) is 5.92 Å². The second-order valence-corrected chi connectivity index (χ2v) is 4.94. The number of carbonyl (C=O) groups is 2. The van der Waals surface area contributed by atoms with E-state index in [1.165, 1.54) is 0 Å². The Balaban J connectivity index is 1.92. The molecule has 1 atom stereocenters. The van der Waals surface area contributed by atoms with Crippen LogP contribution in [0, 0.1) is 5.92 Å². The van der Waals surface area contributed by atoms with E-state index in [0.29, 0.717) is 19.0 Å². The molecule has 5 heteroatoms. The maximum atomic E-state index is 12.0. The maximum absolute atomic E-state index is 12.0. The van der Waals surface area contributed by atoms with Gasteiger partial charge in [-0.25, -0.2) is 0 Å². The largest absolute Gasteiger partial charge is 0.369 e. The molecular weight excluding hydrogens is 218 g/mol. The summed E-state index contributed by atoms with van der Waals surface area (Å²) in [5.41, 5.74) is 5.23. The number of carbonyl (C=O) groups excluding carboxylic acids is 2. The average molecular weight is 239 g/mol. The summed E-state index contributed by atoms with van der Waals surface area (Å²) in [6, 6.07) is 0.314. The van der Waals surface area contributed by atoms with Crippen LogP contribution in [0.1, 0.15) is 26.2 Å². The molecular formula is C12H21N3O2. The van der Waals surface area contributed by atoms with Crippen molar-refractivity contribution in [2.45, 2.75) is 32.2 Å². The van der Waals surface area contributed by atoms with Crippen LogP contribution in [0.15, 0.2) is 0 Å². The minimum atomic E-state index is -0.570. The first-order valence-corrected chi connectivity index (χ1v) is 6.45. The Morgan fingerprint density at radius 3 is 2.41 bits per heavy atom. The Bertz CT molecular complexity index is 311. The number of nitrogens with zero attached hydrogens (tertiary/aromatic N) is 2. The molecule has 96 valence electrons. The summed E-state index contributed by atoms with van der Waals surface area (Å²) in [6.45, 7) is 6.02. The Labute approximate surface area is 102 Å². The van der Waals surface area contributed by atoms with E-state index in [4.69, 9.17) is 5.73 Å². The third-order valence-electron chi connectivity index (χ3n) is 4.03. The molecule has 0 aromatic heterocycles. The van der Waals surface area contributed by atoms with E-state index in [1.807, 2.05) is 4.90 Å². The minimum absolute atomic E-state index is 0.0487. The molecule has 2 heterocycles. The van der Waals surface area contributed by atoms with Crippen molar-refractivity contribution in [2.75, 3.05) is 26.2 Å². The summed E-state index contributed by atoms with van der Waals surface area (Å²) in [5.74, 6) is -1.09. The molecule has 0 radical (unpaired) electrons. The highest BCUT2D eigenvalue weighted by molar-refractivity contribution is 6.01. The van der Waals surface area contributed by atoms with Crippen LogP contribution in [-0.4, -0.2) is 53.8 Å². The van der Waals surface area contributed by atoms with E-state index in [-0.39, 0.29) is 5.91 Å². The van der Waals surface area contributed by atoms with Crippen LogP contribution in [0.2, 0.25) is 0 Å². The van der Waals surface area contributed by atoms with E-state index < -0.39 is 11.8 Å². The number of primary amides is 1. The number of nitrogens with two attached hydrogens (primary N) is 1. The summed E-state index contributed by atoms with van der Waals surface area (Å²) in [5, 5.41) is 0. The van der Waals surface area contributed by atoms with Crippen molar-refractivity contribution >= 4 is 11.8 Å². The standard InChI is InChI=1S/C12H21N3O2/c1-2-14-6-3-9(4-7-14)15-8-5-10(11(13)16)12(15)17/h9-10H,2-8H2,1H3,(H2,13,16). The number of piperidine rings is 1. The summed E-state index contributed by atoms with van der Waals surface area (Å²) in [4.78, 5) is 27.4. The van der Waals surface area contributed by atoms with Crippen LogP contribution in [0.25, 0.3) is 0 Å². The SMILES string of the molecule is CCN1CCC(N2CCC(C(N)=O)C2=O)CC1. The van der Waals surface area contributed by atoms with Crippen molar-refractivity contribution in [1.82, 2.24) is 9.80 Å². The smallest absolute Gasteiger partial charge is 0.235 e. The van der Waals surface area contributed by atoms with Crippen molar-refractivity contribution in [3.63, 3.8) is 0 Å². The zero-order valence-corrected chi connectivity index (χ0v) is 10.4. The Kier molecular flexibility index (Phi) is 3.66. The molecule has 0 aromatic carbocycles. The molecule has 2 aliphatic heterocycles. The van der Waals surface area contributed by atoms with Crippen LogP contribution >= 0.6 is 0 Å². The molecule has 2 N–H and O–H groups in total. The highest BCUT2D eigenvalue weighted by atomic mass is 16.2. The van der Waals surface area contributed by atoms with Crippen LogP contribution in [0.4, 0.5) is 0 Å². The summed E-state index contributed by atoms with van der Waals surface area (Å²) >= 11 is 0. The zero-order chi connectivity index (χ0) is 12.4. The van der Waals surface area contributed by atoms with Crippen LogP contribution < -0.4 is 5.73 Å². The first kappa shape index (κ1) is 12.4. The fraction of sp³-hybridized carbons (Fsp3) is 0.833. The van der Waals surface area contributed by atoms with E-state index in [9.17, 15) is 9.59 Å². The second-order valence-electron chi connectivity index (χ2n) is 4.94. The molecule has 0 aromatic rings. The van der Waals surface area contributed by atoms with Gasteiger partial charge in [0.05, 0.1) is 0 Å². The first-order valence-electron chi connectivity index (χ1n) is 6.45. The van der Waals surface area contributed by atoms with E-state index in [0.717, 1.165) is 32.5 Å². The lowest BCUT2D eigenvalue weighted by Crippen LogP contribution is -2.46. The van der Waals surface area contributed by atoms with Gasteiger partial charge in [-0.3, -0.25) is 9.59 Å². The van der Waals surface area contributed by atoms with Gasteiger partial charge in [0, 0.05) is 25.7 Å². The third-order valence-corrected chi connectivity index (χ3v) is 4.03. The predicted molar refractivity (Wildman–Crippen MR) is 64.2 cm³/mol. The fourth-order valence-corrected chi connectivity index (χ4v) is 2.88. The van der Waals surface area contributed by atoms with Gasteiger partial charge >= 0.3 is 0 Å². The van der Waals surface area contributed by atoms with Crippen molar-refractivity contribution < 1.29 is 9.59 Å². The number of rotatable bonds is 3. The van der Waals surface area contributed by atoms with E-state index in [1.54, 1.807) is 0 Å². The molecule has 0 aliphatic carbocycles. The van der Waals surface area contributed by atoms with Gasteiger partial charge in [-0.2, -0.15) is 0 Å². The topological polar surface area (TPSA) is 66.6 Å². The van der Waals surface area contributed by atoms with Crippen LogP contribution in [0.5, 0.6) is 0 Å². The quantitative estimate of drug-likeness (QED) is 0.694.